The third-order valence-electron chi connectivity index (χ3n) is 2.63. The van der Waals surface area contributed by atoms with Crippen LogP contribution in [0.25, 0.3) is 0 Å². The molecule has 1 atom stereocenters. The molecule has 0 bridgehead atoms. The number of hydrogen-bond acceptors (Lipinski definition) is 1. The Morgan fingerprint density at radius 3 is 2.71 bits per heavy atom. The molecular weight excluding hydrogens is 172 g/mol. The molecule has 1 aromatic carbocycles. The second-order valence-electron chi connectivity index (χ2n) is 3.86. The zero-order valence-electron chi connectivity index (χ0n) is 8.15. The van der Waals surface area contributed by atoms with Gasteiger partial charge < -0.3 is 0 Å². The van der Waals surface area contributed by atoms with E-state index in [4.69, 9.17) is 0 Å². The Hall–Kier alpha value is -1.37. The molecule has 0 fully saturated rings. The third kappa shape index (κ3) is 2.32. The lowest BCUT2D eigenvalue weighted by Crippen LogP contribution is -2.12. The molecule has 0 amide bonds. The molecule has 0 saturated carbocycles. The molecule has 0 saturated heterocycles. The predicted octanol–water partition coefficient (Wildman–Crippen LogP) is 2.76. The molecule has 1 aliphatic carbocycles. The van der Waals surface area contributed by atoms with Gasteiger partial charge in [0.1, 0.15) is 0 Å². The first-order valence-electron chi connectivity index (χ1n) is 5.08. The fourth-order valence-corrected chi connectivity index (χ4v) is 1.93. The number of benzene rings is 1. The highest BCUT2D eigenvalue weighted by molar-refractivity contribution is 5.90. The van der Waals surface area contributed by atoms with Crippen LogP contribution in [-0.4, -0.2) is 5.78 Å². The summed E-state index contributed by atoms with van der Waals surface area (Å²) in [5.41, 5.74) is 1.33. The number of carbonyl (C=O) groups excluding carboxylic acids is 1. The van der Waals surface area contributed by atoms with E-state index in [1.807, 2.05) is 12.1 Å². The predicted molar refractivity (Wildman–Crippen MR) is 57.0 cm³/mol. The number of ketones is 1. The Morgan fingerprint density at radius 2 is 2.00 bits per heavy atom. The third-order valence-corrected chi connectivity index (χ3v) is 2.63. The summed E-state index contributed by atoms with van der Waals surface area (Å²) in [5, 5.41) is 0. The van der Waals surface area contributed by atoms with Crippen LogP contribution in [-0.2, 0) is 11.2 Å². The van der Waals surface area contributed by atoms with Crippen LogP contribution < -0.4 is 0 Å². The summed E-state index contributed by atoms with van der Waals surface area (Å²) in [6.45, 7) is 0. The summed E-state index contributed by atoms with van der Waals surface area (Å²) in [6, 6.07) is 10.4. The lowest BCUT2D eigenvalue weighted by Gasteiger charge is -2.16. The van der Waals surface area contributed by atoms with Gasteiger partial charge in [-0.3, -0.25) is 4.79 Å². The van der Waals surface area contributed by atoms with Crippen molar-refractivity contribution in [2.24, 2.45) is 5.92 Å². The summed E-state index contributed by atoms with van der Waals surface area (Å²) < 4.78 is 0. The minimum atomic E-state index is 0.275. The lowest BCUT2D eigenvalue weighted by molar-refractivity contribution is -0.115. The Morgan fingerprint density at radius 1 is 1.21 bits per heavy atom. The van der Waals surface area contributed by atoms with Crippen molar-refractivity contribution in [3.63, 3.8) is 0 Å². The van der Waals surface area contributed by atoms with Crippen molar-refractivity contribution in [3.8, 4) is 0 Å². The Balaban J connectivity index is 1.99. The van der Waals surface area contributed by atoms with E-state index in [9.17, 15) is 4.79 Å². The standard InChI is InChI=1S/C13H14O/c14-13-8-4-7-12(10-13)9-11-5-2-1-3-6-11/h1-6,8,12H,7,9-10H2/t12-/m0/s1. The average Bonchev–Trinajstić information content (AvgIpc) is 2.19. The van der Waals surface area contributed by atoms with Gasteiger partial charge in [0.2, 0.25) is 0 Å². The van der Waals surface area contributed by atoms with Crippen LogP contribution in [0.4, 0.5) is 0 Å². The molecule has 1 aromatic rings. The van der Waals surface area contributed by atoms with Gasteiger partial charge in [0.25, 0.3) is 0 Å². The van der Waals surface area contributed by atoms with Crippen LogP contribution in [0.3, 0.4) is 0 Å². The molecule has 0 aliphatic heterocycles. The fraction of sp³-hybridized carbons (Fsp3) is 0.308. The molecule has 0 unspecified atom stereocenters. The molecule has 0 aromatic heterocycles. The highest BCUT2D eigenvalue weighted by Crippen LogP contribution is 2.20. The highest BCUT2D eigenvalue weighted by atomic mass is 16.1. The summed E-state index contributed by atoms with van der Waals surface area (Å²) >= 11 is 0. The van der Waals surface area contributed by atoms with E-state index in [0.717, 1.165) is 12.8 Å². The van der Waals surface area contributed by atoms with Crippen LogP contribution in [0, 0.1) is 5.92 Å². The first-order chi connectivity index (χ1) is 6.84. The second-order valence-corrected chi connectivity index (χ2v) is 3.86. The zero-order valence-corrected chi connectivity index (χ0v) is 8.15. The van der Waals surface area contributed by atoms with Crippen molar-refractivity contribution >= 4 is 5.78 Å². The second kappa shape index (κ2) is 4.23. The molecule has 1 nitrogen and oxygen atoms in total. The molecule has 72 valence electrons. The maximum atomic E-state index is 11.2. The summed E-state index contributed by atoms with van der Waals surface area (Å²) in [6.07, 6.45) is 6.49. The van der Waals surface area contributed by atoms with E-state index in [1.54, 1.807) is 6.08 Å². The van der Waals surface area contributed by atoms with E-state index >= 15 is 0 Å². The van der Waals surface area contributed by atoms with Gasteiger partial charge in [-0.25, -0.2) is 0 Å². The molecule has 1 aliphatic rings. The average molecular weight is 186 g/mol. The molecule has 0 heterocycles. The summed E-state index contributed by atoms with van der Waals surface area (Å²) in [4.78, 5) is 11.2. The van der Waals surface area contributed by atoms with E-state index in [0.29, 0.717) is 12.3 Å². The van der Waals surface area contributed by atoms with Crippen LogP contribution in [0.5, 0.6) is 0 Å². The first-order valence-corrected chi connectivity index (χ1v) is 5.08. The van der Waals surface area contributed by atoms with E-state index < -0.39 is 0 Å². The number of rotatable bonds is 2. The topological polar surface area (TPSA) is 17.1 Å². The molecule has 0 spiro atoms. The van der Waals surface area contributed by atoms with Gasteiger partial charge in [-0.05, 0) is 30.4 Å². The summed E-state index contributed by atoms with van der Waals surface area (Å²) in [5.74, 6) is 0.784. The van der Waals surface area contributed by atoms with Crippen molar-refractivity contribution in [1.82, 2.24) is 0 Å². The molecule has 2 rings (SSSR count). The summed E-state index contributed by atoms with van der Waals surface area (Å²) in [7, 11) is 0. The largest absolute Gasteiger partial charge is 0.295 e. The monoisotopic (exact) mass is 186 g/mol. The van der Waals surface area contributed by atoms with Crippen LogP contribution >= 0.6 is 0 Å². The van der Waals surface area contributed by atoms with Crippen LogP contribution in [0.1, 0.15) is 18.4 Å². The number of carbonyl (C=O) groups is 1. The Bertz CT molecular complexity index is 338. The van der Waals surface area contributed by atoms with Crippen LogP contribution in [0.15, 0.2) is 42.5 Å². The highest BCUT2D eigenvalue weighted by Gasteiger charge is 2.15. The van der Waals surface area contributed by atoms with Gasteiger partial charge in [0.05, 0.1) is 0 Å². The van der Waals surface area contributed by atoms with Gasteiger partial charge in [0, 0.05) is 6.42 Å². The van der Waals surface area contributed by atoms with Gasteiger partial charge in [-0.15, -0.1) is 0 Å². The smallest absolute Gasteiger partial charge is 0.155 e. The quantitative estimate of drug-likeness (QED) is 0.694. The normalized spacial score (nSPS) is 21.1. The molecule has 0 radical (unpaired) electrons. The molecule has 14 heavy (non-hydrogen) atoms. The Labute approximate surface area is 84.5 Å². The van der Waals surface area contributed by atoms with E-state index in [2.05, 4.69) is 24.3 Å². The number of hydrogen-bond donors (Lipinski definition) is 0. The molecule has 1 heteroatoms. The zero-order chi connectivity index (χ0) is 9.80. The van der Waals surface area contributed by atoms with Crippen molar-refractivity contribution in [2.75, 3.05) is 0 Å². The minimum Gasteiger partial charge on any atom is -0.295 e. The van der Waals surface area contributed by atoms with E-state index in [-0.39, 0.29) is 5.78 Å². The van der Waals surface area contributed by atoms with Gasteiger partial charge in [-0.2, -0.15) is 0 Å². The molecule has 0 N–H and O–H groups in total. The molecular formula is C13H14O. The van der Waals surface area contributed by atoms with Crippen LogP contribution in [0.2, 0.25) is 0 Å². The maximum absolute atomic E-state index is 11.2. The van der Waals surface area contributed by atoms with Gasteiger partial charge >= 0.3 is 0 Å². The minimum absolute atomic E-state index is 0.275. The fourth-order valence-electron chi connectivity index (χ4n) is 1.93. The Kier molecular flexibility index (Phi) is 2.78. The van der Waals surface area contributed by atoms with Crippen molar-refractivity contribution in [1.29, 1.82) is 0 Å². The lowest BCUT2D eigenvalue weighted by atomic mass is 9.88. The van der Waals surface area contributed by atoms with E-state index in [1.165, 1.54) is 5.56 Å². The van der Waals surface area contributed by atoms with Crippen molar-refractivity contribution in [2.45, 2.75) is 19.3 Å². The van der Waals surface area contributed by atoms with Crippen molar-refractivity contribution in [3.05, 3.63) is 48.0 Å². The van der Waals surface area contributed by atoms with Gasteiger partial charge in [0.15, 0.2) is 5.78 Å². The van der Waals surface area contributed by atoms with Crippen molar-refractivity contribution < 1.29 is 4.79 Å². The van der Waals surface area contributed by atoms with Gasteiger partial charge in [-0.1, -0.05) is 36.4 Å². The number of allylic oxidation sites excluding steroid dienone is 2. The first kappa shape index (κ1) is 9.20. The maximum Gasteiger partial charge on any atom is 0.155 e. The SMILES string of the molecule is O=C1C=CC[C@@H](Cc2ccccc2)C1.